The van der Waals surface area contributed by atoms with Gasteiger partial charge in [-0.15, -0.1) is 0 Å². The molecule has 0 atom stereocenters. The molecule has 0 fully saturated rings. The SMILES string of the molecule is CC(C)(C)c1noc(CS(=O)(=O)CC=Cc2ccccc2)n1. The molecule has 1 heterocycles. The van der Waals surface area contributed by atoms with Crippen LogP contribution in [0, 0.1) is 0 Å². The number of aromatic nitrogens is 2. The minimum atomic E-state index is -3.32. The summed E-state index contributed by atoms with van der Waals surface area (Å²) in [6.45, 7) is 5.83. The molecule has 5 nitrogen and oxygen atoms in total. The molecule has 2 aromatic rings. The standard InChI is InChI=1S/C16H20N2O3S/c1-16(2,3)15-17-14(21-18-15)12-22(19,20)11-7-10-13-8-5-4-6-9-13/h4-10H,11-12H2,1-3H3. The highest BCUT2D eigenvalue weighted by molar-refractivity contribution is 7.90. The monoisotopic (exact) mass is 320 g/mol. The molecule has 1 aromatic carbocycles. The second kappa shape index (κ2) is 6.44. The lowest BCUT2D eigenvalue weighted by Crippen LogP contribution is -2.14. The van der Waals surface area contributed by atoms with Gasteiger partial charge in [-0.3, -0.25) is 0 Å². The predicted octanol–water partition coefficient (Wildman–Crippen LogP) is 3.00. The van der Waals surface area contributed by atoms with Crippen LogP contribution in [0.1, 0.15) is 38.0 Å². The van der Waals surface area contributed by atoms with Crippen molar-refractivity contribution in [3.63, 3.8) is 0 Å². The number of hydrogen-bond acceptors (Lipinski definition) is 5. The minimum Gasteiger partial charge on any atom is -0.338 e. The summed E-state index contributed by atoms with van der Waals surface area (Å²) in [7, 11) is -3.32. The smallest absolute Gasteiger partial charge is 0.241 e. The number of sulfone groups is 1. The zero-order valence-electron chi connectivity index (χ0n) is 13.0. The molecule has 0 N–H and O–H groups in total. The summed E-state index contributed by atoms with van der Waals surface area (Å²) in [6.07, 6.45) is 3.41. The highest BCUT2D eigenvalue weighted by atomic mass is 32.2. The lowest BCUT2D eigenvalue weighted by atomic mass is 9.96. The van der Waals surface area contributed by atoms with Crippen LogP contribution < -0.4 is 0 Å². The quantitative estimate of drug-likeness (QED) is 0.846. The van der Waals surface area contributed by atoms with Gasteiger partial charge in [0.1, 0.15) is 5.75 Å². The lowest BCUT2D eigenvalue weighted by molar-refractivity contribution is 0.371. The highest BCUT2D eigenvalue weighted by Crippen LogP contribution is 2.19. The summed E-state index contributed by atoms with van der Waals surface area (Å²) in [4.78, 5) is 4.15. The largest absolute Gasteiger partial charge is 0.338 e. The third-order valence-corrected chi connectivity index (χ3v) is 4.33. The fourth-order valence-corrected chi connectivity index (χ4v) is 2.76. The molecule has 0 bridgehead atoms. The van der Waals surface area contributed by atoms with Crippen molar-refractivity contribution in [3.8, 4) is 0 Å². The van der Waals surface area contributed by atoms with E-state index in [-0.39, 0.29) is 22.8 Å². The Morgan fingerprint density at radius 2 is 1.86 bits per heavy atom. The Balaban J connectivity index is 1.99. The van der Waals surface area contributed by atoms with E-state index in [1.165, 1.54) is 0 Å². The lowest BCUT2D eigenvalue weighted by Gasteiger charge is -2.10. The second-order valence-electron chi connectivity index (χ2n) is 6.13. The van der Waals surface area contributed by atoms with Gasteiger partial charge in [0.05, 0.1) is 5.75 Å². The van der Waals surface area contributed by atoms with Gasteiger partial charge in [-0.2, -0.15) is 4.98 Å². The third kappa shape index (κ3) is 4.80. The molecule has 0 saturated carbocycles. The molecule has 2 rings (SSSR count). The van der Waals surface area contributed by atoms with E-state index < -0.39 is 9.84 Å². The maximum atomic E-state index is 12.1. The number of benzene rings is 1. The Morgan fingerprint density at radius 1 is 1.18 bits per heavy atom. The van der Waals surface area contributed by atoms with Crippen LogP contribution in [0.5, 0.6) is 0 Å². The summed E-state index contributed by atoms with van der Waals surface area (Å²) >= 11 is 0. The maximum absolute atomic E-state index is 12.1. The summed E-state index contributed by atoms with van der Waals surface area (Å²) < 4.78 is 29.2. The minimum absolute atomic E-state index is 0.0604. The molecule has 0 spiro atoms. The van der Waals surface area contributed by atoms with Crippen molar-refractivity contribution in [2.24, 2.45) is 0 Å². The maximum Gasteiger partial charge on any atom is 0.241 e. The molecular weight excluding hydrogens is 300 g/mol. The summed E-state index contributed by atoms with van der Waals surface area (Å²) in [5, 5.41) is 3.83. The van der Waals surface area contributed by atoms with Crippen molar-refractivity contribution in [3.05, 3.63) is 53.7 Å². The molecule has 0 unspecified atom stereocenters. The van der Waals surface area contributed by atoms with Crippen molar-refractivity contribution in [2.45, 2.75) is 31.9 Å². The van der Waals surface area contributed by atoms with Crippen LogP contribution in [0.4, 0.5) is 0 Å². The van der Waals surface area contributed by atoms with Crippen molar-refractivity contribution in [1.82, 2.24) is 10.1 Å². The Morgan fingerprint density at radius 3 is 2.45 bits per heavy atom. The van der Waals surface area contributed by atoms with Gasteiger partial charge in [-0.05, 0) is 5.56 Å². The van der Waals surface area contributed by atoms with Gasteiger partial charge in [0.15, 0.2) is 15.7 Å². The molecule has 0 radical (unpaired) electrons. The molecule has 0 aliphatic carbocycles. The molecule has 0 amide bonds. The van der Waals surface area contributed by atoms with Gasteiger partial charge in [-0.25, -0.2) is 8.42 Å². The first kappa shape index (κ1) is 16.4. The van der Waals surface area contributed by atoms with Crippen molar-refractivity contribution >= 4 is 15.9 Å². The topological polar surface area (TPSA) is 73.1 Å². The molecule has 0 saturated heterocycles. The molecule has 118 valence electrons. The van der Waals surface area contributed by atoms with Gasteiger partial charge < -0.3 is 4.52 Å². The van der Waals surface area contributed by atoms with Crippen LogP contribution in [-0.2, 0) is 21.0 Å². The van der Waals surface area contributed by atoms with Crippen molar-refractivity contribution in [2.75, 3.05) is 5.75 Å². The zero-order chi connectivity index (χ0) is 16.2. The first-order valence-corrected chi connectivity index (χ1v) is 8.83. The summed E-state index contributed by atoms with van der Waals surface area (Å²) in [5.41, 5.74) is 0.698. The van der Waals surface area contributed by atoms with Gasteiger partial charge in [0.2, 0.25) is 5.89 Å². The first-order valence-electron chi connectivity index (χ1n) is 7.01. The van der Waals surface area contributed by atoms with E-state index in [0.717, 1.165) is 5.56 Å². The van der Waals surface area contributed by atoms with E-state index in [0.29, 0.717) is 5.82 Å². The molecule has 0 aliphatic heterocycles. The fraction of sp³-hybridized carbons (Fsp3) is 0.375. The molecule has 6 heteroatoms. The van der Waals surface area contributed by atoms with Gasteiger partial charge in [0, 0.05) is 5.41 Å². The van der Waals surface area contributed by atoms with Crippen molar-refractivity contribution < 1.29 is 12.9 Å². The van der Waals surface area contributed by atoms with Gasteiger partial charge in [0.25, 0.3) is 0 Å². The van der Waals surface area contributed by atoms with E-state index >= 15 is 0 Å². The molecule has 1 aromatic heterocycles. The zero-order valence-corrected chi connectivity index (χ0v) is 13.8. The molecule has 0 aliphatic rings. The normalized spacial score (nSPS) is 12.9. The predicted molar refractivity (Wildman–Crippen MR) is 86.0 cm³/mol. The van der Waals surface area contributed by atoms with Gasteiger partial charge in [-0.1, -0.05) is 68.4 Å². The average molecular weight is 320 g/mol. The Kier molecular flexibility index (Phi) is 4.81. The van der Waals surface area contributed by atoms with E-state index in [1.54, 1.807) is 12.2 Å². The van der Waals surface area contributed by atoms with Gasteiger partial charge >= 0.3 is 0 Å². The van der Waals surface area contributed by atoms with Crippen LogP contribution >= 0.6 is 0 Å². The van der Waals surface area contributed by atoms with E-state index in [4.69, 9.17) is 4.52 Å². The number of rotatable bonds is 5. The average Bonchev–Trinajstić information content (AvgIpc) is 2.87. The van der Waals surface area contributed by atoms with E-state index in [1.807, 2.05) is 51.1 Å². The summed E-state index contributed by atoms with van der Waals surface area (Å²) in [6, 6.07) is 9.55. The Hall–Kier alpha value is -1.95. The Labute approximate surface area is 131 Å². The fourth-order valence-electron chi connectivity index (χ4n) is 1.76. The summed E-state index contributed by atoms with van der Waals surface area (Å²) in [5.74, 6) is 0.347. The van der Waals surface area contributed by atoms with Crippen LogP contribution in [0.25, 0.3) is 6.08 Å². The van der Waals surface area contributed by atoms with Crippen LogP contribution in [-0.4, -0.2) is 24.3 Å². The van der Waals surface area contributed by atoms with Crippen LogP contribution in [0.2, 0.25) is 0 Å². The van der Waals surface area contributed by atoms with Crippen LogP contribution in [0.15, 0.2) is 40.9 Å². The second-order valence-corrected chi connectivity index (χ2v) is 8.24. The first-order chi connectivity index (χ1) is 10.3. The Bertz CT molecular complexity index is 741. The van der Waals surface area contributed by atoms with E-state index in [2.05, 4.69) is 10.1 Å². The third-order valence-electron chi connectivity index (χ3n) is 2.94. The van der Waals surface area contributed by atoms with E-state index in [9.17, 15) is 8.42 Å². The molecular formula is C16H20N2O3S. The number of hydrogen-bond donors (Lipinski definition) is 0. The number of nitrogens with zero attached hydrogens (tertiary/aromatic N) is 2. The van der Waals surface area contributed by atoms with Crippen LogP contribution in [0.3, 0.4) is 0 Å². The highest BCUT2D eigenvalue weighted by Gasteiger charge is 2.23. The van der Waals surface area contributed by atoms with Crippen molar-refractivity contribution in [1.29, 1.82) is 0 Å². The molecule has 22 heavy (non-hydrogen) atoms.